The van der Waals surface area contributed by atoms with Gasteiger partial charge in [0.1, 0.15) is 18.0 Å². The summed E-state index contributed by atoms with van der Waals surface area (Å²) >= 11 is 0. The Hall–Kier alpha value is -3.85. The minimum absolute atomic E-state index is 0.0800. The van der Waals surface area contributed by atoms with Crippen LogP contribution in [-0.2, 0) is 14.8 Å². The van der Waals surface area contributed by atoms with Gasteiger partial charge in [0.15, 0.2) is 0 Å². The molecule has 0 spiro atoms. The number of ether oxygens (including phenoxy) is 2. The molecule has 0 bridgehead atoms. The highest BCUT2D eigenvalue weighted by molar-refractivity contribution is 7.92. The van der Waals surface area contributed by atoms with E-state index in [1.54, 1.807) is 42.5 Å². The van der Waals surface area contributed by atoms with Crippen molar-refractivity contribution in [2.75, 3.05) is 24.1 Å². The monoisotopic (exact) mass is 509 g/mol. The van der Waals surface area contributed by atoms with Gasteiger partial charge in [0.05, 0.1) is 30.0 Å². The van der Waals surface area contributed by atoms with Crippen molar-refractivity contribution in [3.05, 3.63) is 84.4 Å². The number of hydrazone groups is 1. The highest BCUT2D eigenvalue weighted by Crippen LogP contribution is 2.25. The van der Waals surface area contributed by atoms with Gasteiger partial charge in [0.25, 0.3) is 15.9 Å². The molecule has 0 fully saturated rings. The summed E-state index contributed by atoms with van der Waals surface area (Å²) in [5.41, 5.74) is 3.51. The zero-order chi connectivity index (χ0) is 25.8. The predicted octanol–water partition coefficient (Wildman–Crippen LogP) is 4.61. The molecule has 0 aliphatic rings. The highest BCUT2D eigenvalue weighted by atomic mass is 32.2. The van der Waals surface area contributed by atoms with Crippen LogP contribution in [0.25, 0.3) is 0 Å². The second-order valence-corrected chi connectivity index (χ2v) is 9.68. The molecule has 0 aliphatic carbocycles. The Balaban J connectivity index is 1.71. The standard InChI is InChI=1S/C27H31N3O5S/c1-3-5-19-35-25-15-11-22(12-16-25)20-28-29-27(31)21-30(23-13-17-24(18-14-23)34-4-2)36(32,33)26-9-7-6-8-10-26/h6-18,20H,3-5,19,21H2,1-2H3,(H,29,31)/b28-20-. The Bertz CT molecular complexity index is 1230. The number of anilines is 1. The molecule has 0 heterocycles. The van der Waals surface area contributed by atoms with Crippen LogP contribution in [0.1, 0.15) is 32.3 Å². The van der Waals surface area contributed by atoms with Gasteiger partial charge in [-0.2, -0.15) is 5.10 Å². The number of nitrogens with one attached hydrogen (secondary N) is 1. The fraction of sp³-hybridized carbons (Fsp3) is 0.259. The third kappa shape index (κ3) is 7.58. The van der Waals surface area contributed by atoms with Crippen molar-refractivity contribution in [1.29, 1.82) is 0 Å². The van der Waals surface area contributed by atoms with E-state index in [4.69, 9.17) is 9.47 Å². The number of rotatable bonds is 13. The Morgan fingerprint density at radius 3 is 2.19 bits per heavy atom. The first-order valence-corrected chi connectivity index (χ1v) is 13.2. The fourth-order valence-electron chi connectivity index (χ4n) is 3.24. The number of carbonyl (C=O) groups excluding carboxylic acids is 1. The van der Waals surface area contributed by atoms with Crippen LogP contribution in [0.2, 0.25) is 0 Å². The van der Waals surface area contributed by atoms with Gasteiger partial charge in [-0.1, -0.05) is 31.5 Å². The molecule has 1 N–H and O–H groups in total. The molecule has 0 atom stereocenters. The van der Waals surface area contributed by atoms with E-state index in [1.165, 1.54) is 18.3 Å². The minimum Gasteiger partial charge on any atom is -0.494 e. The van der Waals surface area contributed by atoms with Crippen molar-refractivity contribution in [1.82, 2.24) is 5.43 Å². The number of unbranched alkanes of at least 4 members (excludes halogenated alkanes) is 1. The third-order valence-corrected chi connectivity index (χ3v) is 6.89. The van der Waals surface area contributed by atoms with E-state index < -0.39 is 22.5 Å². The van der Waals surface area contributed by atoms with Crippen molar-refractivity contribution in [3.8, 4) is 11.5 Å². The first-order chi connectivity index (χ1) is 17.4. The molecule has 0 saturated carbocycles. The van der Waals surface area contributed by atoms with Gasteiger partial charge in [0, 0.05) is 0 Å². The molecule has 0 unspecified atom stereocenters. The van der Waals surface area contributed by atoms with E-state index in [0.717, 1.165) is 28.5 Å². The van der Waals surface area contributed by atoms with Crippen molar-refractivity contribution >= 4 is 27.8 Å². The maximum absolute atomic E-state index is 13.4. The van der Waals surface area contributed by atoms with Gasteiger partial charge in [-0.15, -0.1) is 0 Å². The summed E-state index contributed by atoms with van der Waals surface area (Å²) in [6, 6.07) is 21.8. The number of benzene rings is 3. The lowest BCUT2D eigenvalue weighted by Crippen LogP contribution is -2.39. The SMILES string of the molecule is CCCCOc1ccc(/C=N\NC(=O)CN(c2ccc(OCC)cc2)S(=O)(=O)c2ccccc2)cc1. The molecule has 1 amide bonds. The predicted molar refractivity (Wildman–Crippen MR) is 141 cm³/mol. The number of carbonyl (C=O) groups is 1. The summed E-state index contributed by atoms with van der Waals surface area (Å²) in [4.78, 5) is 12.8. The van der Waals surface area contributed by atoms with E-state index in [2.05, 4.69) is 17.5 Å². The van der Waals surface area contributed by atoms with Crippen LogP contribution in [-0.4, -0.2) is 40.3 Å². The Morgan fingerprint density at radius 1 is 0.917 bits per heavy atom. The largest absolute Gasteiger partial charge is 0.494 e. The molecule has 3 rings (SSSR count). The Morgan fingerprint density at radius 2 is 1.56 bits per heavy atom. The maximum atomic E-state index is 13.4. The number of hydrogen-bond donors (Lipinski definition) is 1. The molecule has 36 heavy (non-hydrogen) atoms. The Kier molecular flexibility index (Phi) is 9.88. The molecular weight excluding hydrogens is 478 g/mol. The summed E-state index contributed by atoms with van der Waals surface area (Å²) in [5.74, 6) is 0.787. The quantitative estimate of drug-likeness (QED) is 0.206. The highest BCUT2D eigenvalue weighted by Gasteiger charge is 2.27. The number of hydrogen-bond acceptors (Lipinski definition) is 6. The topological polar surface area (TPSA) is 97.3 Å². The summed E-state index contributed by atoms with van der Waals surface area (Å²) in [7, 11) is -4.00. The molecule has 0 radical (unpaired) electrons. The van der Waals surface area contributed by atoms with Crippen LogP contribution in [0.15, 0.2) is 88.9 Å². The average Bonchev–Trinajstić information content (AvgIpc) is 2.89. The van der Waals surface area contributed by atoms with Crippen LogP contribution in [0.3, 0.4) is 0 Å². The summed E-state index contributed by atoms with van der Waals surface area (Å²) in [6.07, 6.45) is 3.54. The molecule has 0 saturated heterocycles. The third-order valence-electron chi connectivity index (χ3n) is 5.10. The van der Waals surface area contributed by atoms with Crippen LogP contribution in [0.5, 0.6) is 11.5 Å². The van der Waals surface area contributed by atoms with Gasteiger partial charge in [0.2, 0.25) is 0 Å². The van der Waals surface area contributed by atoms with Crippen molar-refractivity contribution in [2.45, 2.75) is 31.6 Å². The molecule has 9 heteroatoms. The molecule has 190 valence electrons. The number of amides is 1. The second-order valence-electron chi connectivity index (χ2n) is 7.82. The maximum Gasteiger partial charge on any atom is 0.264 e. The second kappa shape index (κ2) is 13.3. The Labute approximate surface area is 212 Å². The van der Waals surface area contributed by atoms with E-state index in [1.807, 2.05) is 31.2 Å². The van der Waals surface area contributed by atoms with E-state index in [9.17, 15) is 13.2 Å². The first kappa shape index (κ1) is 26.7. The lowest BCUT2D eigenvalue weighted by Gasteiger charge is -2.24. The van der Waals surface area contributed by atoms with E-state index >= 15 is 0 Å². The molecular formula is C27H31N3O5S. The lowest BCUT2D eigenvalue weighted by atomic mass is 10.2. The zero-order valence-electron chi connectivity index (χ0n) is 20.5. The van der Waals surface area contributed by atoms with Gasteiger partial charge >= 0.3 is 0 Å². The zero-order valence-corrected chi connectivity index (χ0v) is 21.3. The molecule has 8 nitrogen and oxygen atoms in total. The molecule has 0 aromatic heterocycles. The van der Waals surface area contributed by atoms with Crippen LogP contribution >= 0.6 is 0 Å². The van der Waals surface area contributed by atoms with Crippen LogP contribution in [0, 0.1) is 0 Å². The first-order valence-electron chi connectivity index (χ1n) is 11.8. The molecule has 0 aliphatic heterocycles. The summed E-state index contributed by atoms with van der Waals surface area (Å²) in [6.45, 7) is 4.66. The van der Waals surface area contributed by atoms with Crippen molar-refractivity contribution in [3.63, 3.8) is 0 Å². The van der Waals surface area contributed by atoms with Crippen LogP contribution in [0.4, 0.5) is 5.69 Å². The van der Waals surface area contributed by atoms with Gasteiger partial charge in [-0.25, -0.2) is 13.8 Å². The van der Waals surface area contributed by atoms with Gasteiger partial charge in [-0.3, -0.25) is 9.10 Å². The fourth-order valence-corrected chi connectivity index (χ4v) is 4.68. The number of sulfonamides is 1. The summed E-state index contributed by atoms with van der Waals surface area (Å²) < 4.78 is 38.9. The van der Waals surface area contributed by atoms with Gasteiger partial charge < -0.3 is 9.47 Å². The smallest absolute Gasteiger partial charge is 0.264 e. The van der Waals surface area contributed by atoms with E-state index in [-0.39, 0.29) is 4.90 Å². The van der Waals surface area contributed by atoms with Gasteiger partial charge in [-0.05, 0) is 79.6 Å². The van der Waals surface area contributed by atoms with Crippen molar-refractivity contribution < 1.29 is 22.7 Å². The minimum atomic E-state index is -4.00. The normalized spacial score (nSPS) is 11.3. The van der Waals surface area contributed by atoms with E-state index in [0.29, 0.717) is 24.7 Å². The number of nitrogens with zero attached hydrogens (tertiary/aromatic N) is 2. The molecule has 3 aromatic rings. The summed E-state index contributed by atoms with van der Waals surface area (Å²) in [5, 5.41) is 3.98. The van der Waals surface area contributed by atoms with Crippen LogP contribution < -0.4 is 19.2 Å². The van der Waals surface area contributed by atoms with Crippen molar-refractivity contribution in [2.24, 2.45) is 5.10 Å². The average molecular weight is 510 g/mol. The lowest BCUT2D eigenvalue weighted by molar-refractivity contribution is -0.119. The molecule has 3 aromatic carbocycles.